The minimum Gasteiger partial charge on any atom is -0.376 e. The van der Waals surface area contributed by atoms with Crippen LogP contribution in [0, 0.1) is 0 Å². The summed E-state index contributed by atoms with van der Waals surface area (Å²) in [6.07, 6.45) is 0.465. The molecule has 0 aromatic carbocycles. The van der Waals surface area contributed by atoms with Gasteiger partial charge in [0.25, 0.3) is 0 Å². The van der Waals surface area contributed by atoms with Crippen LogP contribution in [-0.2, 0) is 18.9 Å². The molecule has 70 valence electrons. The summed E-state index contributed by atoms with van der Waals surface area (Å²) >= 11 is 0. The molecule has 0 aromatic rings. The van der Waals surface area contributed by atoms with E-state index in [9.17, 15) is 0 Å². The molecule has 0 saturated carbocycles. The highest BCUT2D eigenvalue weighted by molar-refractivity contribution is 4.68. The van der Waals surface area contributed by atoms with Gasteiger partial charge in [0.2, 0.25) is 0 Å². The summed E-state index contributed by atoms with van der Waals surface area (Å²) in [5.41, 5.74) is 0. The van der Waals surface area contributed by atoms with Crippen LogP contribution < -0.4 is 0 Å². The van der Waals surface area contributed by atoms with Gasteiger partial charge in [0.15, 0.2) is 0 Å². The summed E-state index contributed by atoms with van der Waals surface area (Å²) in [6, 6.07) is 0. The Morgan fingerprint density at radius 2 is 1.75 bits per heavy atom. The molecule has 0 spiro atoms. The Kier molecular flexibility index (Phi) is 2.94. The van der Waals surface area contributed by atoms with Crippen molar-refractivity contribution in [1.82, 2.24) is 0 Å². The van der Waals surface area contributed by atoms with Crippen molar-refractivity contribution in [1.29, 1.82) is 0 Å². The topological polar surface area (TPSA) is 40.2 Å². The van der Waals surface area contributed by atoms with Gasteiger partial charge in [-0.3, -0.25) is 0 Å². The molecule has 0 aliphatic carbocycles. The molecular formula is C8H14O4. The molecule has 2 rings (SSSR count). The summed E-state index contributed by atoms with van der Waals surface area (Å²) in [4.78, 5) is 0. The minimum atomic E-state index is 0.123. The molecule has 2 heterocycles. The average molecular weight is 174 g/mol. The predicted octanol–water partition coefficient (Wildman–Crippen LogP) is -0.183. The first-order valence-corrected chi connectivity index (χ1v) is 4.34. The predicted molar refractivity (Wildman–Crippen MR) is 41.1 cm³/mol. The van der Waals surface area contributed by atoms with E-state index in [0.717, 1.165) is 6.61 Å². The van der Waals surface area contributed by atoms with Crippen LogP contribution >= 0.6 is 0 Å². The third-order valence-electron chi connectivity index (χ3n) is 1.89. The van der Waals surface area contributed by atoms with Gasteiger partial charge in [0, 0.05) is 0 Å². The largest absolute Gasteiger partial charge is 0.376 e. The zero-order valence-corrected chi connectivity index (χ0v) is 7.03. The SMILES string of the molecule is C1COC(COCC2CO2)CO1. The molecule has 0 radical (unpaired) electrons. The fourth-order valence-corrected chi connectivity index (χ4v) is 1.13. The van der Waals surface area contributed by atoms with Crippen molar-refractivity contribution < 1.29 is 18.9 Å². The number of hydrogen-bond donors (Lipinski definition) is 0. The van der Waals surface area contributed by atoms with Crippen LogP contribution in [0.2, 0.25) is 0 Å². The molecule has 4 heteroatoms. The summed E-state index contributed by atoms with van der Waals surface area (Å²) in [5.74, 6) is 0. The van der Waals surface area contributed by atoms with Gasteiger partial charge in [-0.1, -0.05) is 0 Å². The molecule has 2 fully saturated rings. The third-order valence-corrected chi connectivity index (χ3v) is 1.89. The molecule has 2 aliphatic heterocycles. The first-order chi connectivity index (χ1) is 5.95. The second-order valence-corrected chi connectivity index (χ2v) is 3.06. The van der Waals surface area contributed by atoms with Gasteiger partial charge in [-0.15, -0.1) is 0 Å². The van der Waals surface area contributed by atoms with Gasteiger partial charge >= 0.3 is 0 Å². The van der Waals surface area contributed by atoms with E-state index >= 15 is 0 Å². The summed E-state index contributed by atoms with van der Waals surface area (Å²) in [5, 5.41) is 0. The third kappa shape index (κ3) is 2.71. The van der Waals surface area contributed by atoms with Crippen LogP contribution in [0.3, 0.4) is 0 Å². The molecule has 2 unspecified atom stereocenters. The number of rotatable bonds is 4. The number of epoxide rings is 1. The maximum Gasteiger partial charge on any atom is 0.104 e. The van der Waals surface area contributed by atoms with Crippen LogP contribution in [0.5, 0.6) is 0 Å². The minimum absolute atomic E-state index is 0.123. The van der Waals surface area contributed by atoms with E-state index < -0.39 is 0 Å². The monoisotopic (exact) mass is 174 g/mol. The van der Waals surface area contributed by atoms with Crippen molar-refractivity contribution in [2.45, 2.75) is 12.2 Å². The van der Waals surface area contributed by atoms with Crippen molar-refractivity contribution in [2.24, 2.45) is 0 Å². The molecule has 0 aromatic heterocycles. The Morgan fingerprint density at radius 1 is 1.00 bits per heavy atom. The second kappa shape index (κ2) is 4.18. The molecular weight excluding hydrogens is 160 g/mol. The summed E-state index contributed by atoms with van der Waals surface area (Å²) in [7, 11) is 0. The van der Waals surface area contributed by atoms with Crippen molar-refractivity contribution in [2.75, 3.05) is 39.6 Å². The maximum atomic E-state index is 5.39. The Morgan fingerprint density at radius 3 is 2.33 bits per heavy atom. The van der Waals surface area contributed by atoms with Gasteiger partial charge in [-0.25, -0.2) is 0 Å². The van der Waals surface area contributed by atoms with Gasteiger partial charge in [-0.2, -0.15) is 0 Å². The molecule has 4 nitrogen and oxygen atoms in total. The average Bonchev–Trinajstić information content (AvgIpc) is 2.90. The Labute approximate surface area is 71.7 Å². The second-order valence-electron chi connectivity index (χ2n) is 3.06. The highest BCUT2D eigenvalue weighted by Gasteiger charge is 2.23. The van der Waals surface area contributed by atoms with Crippen LogP contribution in [0.25, 0.3) is 0 Å². The van der Waals surface area contributed by atoms with Crippen molar-refractivity contribution >= 4 is 0 Å². The Balaban J connectivity index is 1.52. The van der Waals surface area contributed by atoms with Gasteiger partial charge < -0.3 is 18.9 Å². The van der Waals surface area contributed by atoms with E-state index in [-0.39, 0.29) is 6.10 Å². The highest BCUT2D eigenvalue weighted by Crippen LogP contribution is 2.09. The van der Waals surface area contributed by atoms with Crippen molar-refractivity contribution in [3.05, 3.63) is 0 Å². The normalized spacial score (nSPS) is 35.0. The maximum absolute atomic E-state index is 5.39. The van der Waals surface area contributed by atoms with E-state index in [4.69, 9.17) is 18.9 Å². The van der Waals surface area contributed by atoms with Crippen LogP contribution in [0.15, 0.2) is 0 Å². The Hall–Kier alpha value is -0.160. The Bertz CT molecular complexity index is 129. The van der Waals surface area contributed by atoms with Crippen molar-refractivity contribution in [3.8, 4) is 0 Å². The lowest BCUT2D eigenvalue weighted by Crippen LogP contribution is -2.32. The van der Waals surface area contributed by atoms with E-state index in [0.29, 0.717) is 39.1 Å². The summed E-state index contributed by atoms with van der Waals surface area (Å²) < 4.78 is 21.0. The fourth-order valence-electron chi connectivity index (χ4n) is 1.13. The van der Waals surface area contributed by atoms with Crippen LogP contribution in [0.1, 0.15) is 0 Å². The lowest BCUT2D eigenvalue weighted by molar-refractivity contribution is -0.116. The standard InChI is InChI=1S/C8H14O4/c1-2-11-7(3-9-1)4-10-5-8-6-12-8/h7-8H,1-6H2. The zero-order valence-electron chi connectivity index (χ0n) is 7.03. The molecule has 0 amide bonds. The van der Waals surface area contributed by atoms with Crippen LogP contribution in [-0.4, -0.2) is 51.8 Å². The molecule has 2 atom stereocenters. The number of hydrogen-bond acceptors (Lipinski definition) is 4. The van der Waals surface area contributed by atoms with E-state index in [1.807, 2.05) is 0 Å². The van der Waals surface area contributed by atoms with Gasteiger partial charge in [-0.05, 0) is 0 Å². The van der Waals surface area contributed by atoms with Gasteiger partial charge in [0.1, 0.15) is 12.2 Å². The van der Waals surface area contributed by atoms with E-state index in [1.165, 1.54) is 0 Å². The molecule has 0 bridgehead atoms. The zero-order chi connectivity index (χ0) is 8.23. The van der Waals surface area contributed by atoms with E-state index in [1.54, 1.807) is 0 Å². The van der Waals surface area contributed by atoms with Crippen LogP contribution in [0.4, 0.5) is 0 Å². The summed E-state index contributed by atoms with van der Waals surface area (Å²) in [6.45, 7) is 4.23. The molecule has 2 aliphatic rings. The first-order valence-electron chi connectivity index (χ1n) is 4.34. The highest BCUT2D eigenvalue weighted by atomic mass is 16.6. The molecule has 12 heavy (non-hydrogen) atoms. The molecule has 2 saturated heterocycles. The first kappa shape index (κ1) is 8.44. The quantitative estimate of drug-likeness (QED) is 0.554. The number of ether oxygens (including phenoxy) is 4. The van der Waals surface area contributed by atoms with Crippen molar-refractivity contribution in [3.63, 3.8) is 0 Å². The van der Waals surface area contributed by atoms with E-state index in [2.05, 4.69) is 0 Å². The van der Waals surface area contributed by atoms with Gasteiger partial charge in [0.05, 0.1) is 39.6 Å². The lowest BCUT2D eigenvalue weighted by atomic mass is 10.4. The molecule has 0 N–H and O–H groups in total. The fraction of sp³-hybridized carbons (Fsp3) is 1.00. The smallest absolute Gasteiger partial charge is 0.104 e. The lowest BCUT2D eigenvalue weighted by Gasteiger charge is -2.22.